The van der Waals surface area contributed by atoms with E-state index in [1.165, 1.54) is 13.0 Å². The first-order valence-corrected chi connectivity index (χ1v) is 6.23. The smallest absolute Gasteiger partial charge is 0.237 e. The fourth-order valence-electron chi connectivity index (χ4n) is 0.851. The Labute approximate surface area is 89.7 Å². The Kier molecular flexibility index (Phi) is 5.89. The zero-order chi connectivity index (χ0) is 11.9. The van der Waals surface area contributed by atoms with Gasteiger partial charge in [-0.3, -0.25) is 4.79 Å². The SMILES string of the molecule is CCCNC(=O)C(C)NS(=O)(=O)CC#N. The van der Waals surface area contributed by atoms with Gasteiger partial charge in [-0.15, -0.1) is 0 Å². The van der Waals surface area contributed by atoms with Crippen LogP contribution in [0, 0.1) is 11.3 Å². The van der Waals surface area contributed by atoms with Crippen molar-refractivity contribution in [2.75, 3.05) is 12.3 Å². The molecule has 86 valence electrons. The van der Waals surface area contributed by atoms with Gasteiger partial charge in [0, 0.05) is 6.54 Å². The molecule has 0 aromatic heterocycles. The molecular formula is C8H15N3O3S. The fourth-order valence-corrected chi connectivity index (χ4v) is 1.75. The van der Waals surface area contributed by atoms with Crippen molar-refractivity contribution in [2.24, 2.45) is 0 Å². The number of sulfonamides is 1. The Morgan fingerprint density at radius 2 is 2.13 bits per heavy atom. The highest BCUT2D eigenvalue weighted by Gasteiger charge is 2.19. The lowest BCUT2D eigenvalue weighted by Crippen LogP contribution is -2.45. The van der Waals surface area contributed by atoms with E-state index in [2.05, 4.69) is 10.0 Å². The number of nitrogens with zero attached hydrogens (tertiary/aromatic N) is 1. The van der Waals surface area contributed by atoms with Gasteiger partial charge in [-0.2, -0.15) is 5.26 Å². The first kappa shape index (κ1) is 13.9. The first-order chi connectivity index (χ1) is 6.93. The van der Waals surface area contributed by atoms with E-state index < -0.39 is 27.7 Å². The van der Waals surface area contributed by atoms with E-state index in [-0.39, 0.29) is 0 Å². The molecule has 0 aliphatic heterocycles. The molecule has 15 heavy (non-hydrogen) atoms. The third kappa shape index (κ3) is 6.04. The van der Waals surface area contributed by atoms with Crippen LogP contribution in [-0.2, 0) is 14.8 Å². The second-order valence-corrected chi connectivity index (χ2v) is 4.80. The summed E-state index contributed by atoms with van der Waals surface area (Å²) in [6.45, 7) is 3.83. The first-order valence-electron chi connectivity index (χ1n) is 4.57. The van der Waals surface area contributed by atoms with Crippen LogP contribution in [0.1, 0.15) is 20.3 Å². The molecule has 0 saturated carbocycles. The van der Waals surface area contributed by atoms with E-state index in [4.69, 9.17) is 5.26 Å². The molecule has 2 N–H and O–H groups in total. The zero-order valence-electron chi connectivity index (χ0n) is 8.78. The topological polar surface area (TPSA) is 99.1 Å². The van der Waals surface area contributed by atoms with Crippen LogP contribution in [0.2, 0.25) is 0 Å². The Hall–Kier alpha value is -1.13. The lowest BCUT2D eigenvalue weighted by atomic mass is 10.3. The van der Waals surface area contributed by atoms with Gasteiger partial charge in [0.2, 0.25) is 15.9 Å². The number of rotatable bonds is 6. The van der Waals surface area contributed by atoms with Crippen molar-refractivity contribution in [1.82, 2.24) is 10.0 Å². The summed E-state index contributed by atoms with van der Waals surface area (Å²) in [5.41, 5.74) is 0. The normalized spacial score (nSPS) is 12.9. The van der Waals surface area contributed by atoms with Gasteiger partial charge in [-0.1, -0.05) is 6.92 Å². The molecule has 6 nitrogen and oxygen atoms in total. The summed E-state index contributed by atoms with van der Waals surface area (Å²) in [5, 5.41) is 10.8. The zero-order valence-corrected chi connectivity index (χ0v) is 9.60. The molecule has 0 aromatic rings. The predicted molar refractivity (Wildman–Crippen MR) is 55.3 cm³/mol. The van der Waals surface area contributed by atoms with Crippen LogP contribution in [0.3, 0.4) is 0 Å². The molecule has 0 fully saturated rings. The van der Waals surface area contributed by atoms with Gasteiger partial charge in [-0.05, 0) is 13.3 Å². The summed E-state index contributed by atoms with van der Waals surface area (Å²) < 4.78 is 24.3. The molecule has 0 spiro atoms. The van der Waals surface area contributed by atoms with Crippen molar-refractivity contribution in [3.05, 3.63) is 0 Å². The van der Waals surface area contributed by atoms with Crippen molar-refractivity contribution in [3.63, 3.8) is 0 Å². The second-order valence-electron chi connectivity index (χ2n) is 3.05. The number of nitrogens with one attached hydrogen (secondary N) is 2. The molecule has 0 heterocycles. The molecule has 0 saturated heterocycles. The number of hydrogen-bond donors (Lipinski definition) is 2. The molecule has 0 bridgehead atoms. The predicted octanol–water partition coefficient (Wildman–Crippen LogP) is -0.656. The molecule has 0 aliphatic rings. The highest BCUT2D eigenvalue weighted by Crippen LogP contribution is 1.89. The van der Waals surface area contributed by atoms with E-state index in [1.54, 1.807) is 0 Å². The van der Waals surface area contributed by atoms with Crippen molar-refractivity contribution < 1.29 is 13.2 Å². The van der Waals surface area contributed by atoms with Gasteiger partial charge >= 0.3 is 0 Å². The Bertz CT molecular complexity index is 345. The Morgan fingerprint density at radius 3 is 2.60 bits per heavy atom. The number of carbonyl (C=O) groups is 1. The summed E-state index contributed by atoms with van der Waals surface area (Å²) in [4.78, 5) is 11.3. The number of hydrogen-bond acceptors (Lipinski definition) is 4. The quantitative estimate of drug-likeness (QED) is 0.636. The third-order valence-corrected chi connectivity index (χ3v) is 2.78. The van der Waals surface area contributed by atoms with Gasteiger partial charge in [0.1, 0.15) is 0 Å². The largest absolute Gasteiger partial charge is 0.355 e. The standard InChI is InChI=1S/C8H15N3O3S/c1-3-5-10-8(12)7(2)11-15(13,14)6-4-9/h7,11H,3,5-6H2,1-2H3,(H,10,12). The van der Waals surface area contributed by atoms with Crippen molar-refractivity contribution in [3.8, 4) is 6.07 Å². The molecule has 0 aliphatic carbocycles. The molecular weight excluding hydrogens is 218 g/mol. The van der Waals surface area contributed by atoms with Crippen LogP contribution < -0.4 is 10.0 Å². The third-order valence-electron chi connectivity index (χ3n) is 1.55. The molecule has 1 unspecified atom stereocenters. The van der Waals surface area contributed by atoms with Crippen molar-refractivity contribution >= 4 is 15.9 Å². The van der Waals surface area contributed by atoms with E-state index in [0.717, 1.165) is 6.42 Å². The summed E-state index contributed by atoms with van der Waals surface area (Å²) in [6.07, 6.45) is 0.781. The summed E-state index contributed by atoms with van der Waals surface area (Å²) in [7, 11) is -3.67. The van der Waals surface area contributed by atoms with E-state index in [1.807, 2.05) is 6.92 Å². The summed E-state index contributed by atoms with van der Waals surface area (Å²) >= 11 is 0. The molecule has 0 aromatic carbocycles. The highest BCUT2D eigenvalue weighted by molar-refractivity contribution is 7.89. The molecule has 0 radical (unpaired) electrons. The average Bonchev–Trinajstić information content (AvgIpc) is 2.13. The van der Waals surface area contributed by atoms with Crippen molar-refractivity contribution in [2.45, 2.75) is 26.3 Å². The van der Waals surface area contributed by atoms with Gasteiger partial charge in [0.15, 0.2) is 5.75 Å². The van der Waals surface area contributed by atoms with Crippen LogP contribution >= 0.6 is 0 Å². The average molecular weight is 233 g/mol. The second kappa shape index (κ2) is 6.37. The van der Waals surface area contributed by atoms with E-state index in [0.29, 0.717) is 6.54 Å². The minimum atomic E-state index is -3.67. The lowest BCUT2D eigenvalue weighted by molar-refractivity contribution is -0.122. The molecule has 7 heteroatoms. The van der Waals surface area contributed by atoms with Crippen LogP contribution in [0.15, 0.2) is 0 Å². The Morgan fingerprint density at radius 1 is 1.53 bits per heavy atom. The summed E-state index contributed by atoms with van der Waals surface area (Å²) in [6, 6.07) is 0.661. The Balaban J connectivity index is 4.19. The maximum absolute atomic E-state index is 11.3. The molecule has 1 atom stereocenters. The highest BCUT2D eigenvalue weighted by atomic mass is 32.2. The minimum Gasteiger partial charge on any atom is -0.355 e. The van der Waals surface area contributed by atoms with Crippen LogP contribution in [0.5, 0.6) is 0 Å². The minimum absolute atomic E-state index is 0.390. The van der Waals surface area contributed by atoms with Crippen LogP contribution in [0.25, 0.3) is 0 Å². The van der Waals surface area contributed by atoms with Gasteiger partial charge in [0.25, 0.3) is 0 Å². The molecule has 0 rings (SSSR count). The van der Waals surface area contributed by atoms with Crippen LogP contribution in [-0.4, -0.2) is 32.7 Å². The number of amides is 1. The number of nitriles is 1. The fraction of sp³-hybridized carbons (Fsp3) is 0.750. The van der Waals surface area contributed by atoms with Gasteiger partial charge in [0.05, 0.1) is 12.1 Å². The van der Waals surface area contributed by atoms with Crippen LogP contribution in [0.4, 0.5) is 0 Å². The summed E-state index contributed by atoms with van der Waals surface area (Å²) in [5.74, 6) is -1.03. The number of carbonyl (C=O) groups excluding carboxylic acids is 1. The lowest BCUT2D eigenvalue weighted by Gasteiger charge is -2.12. The molecule has 1 amide bonds. The maximum atomic E-state index is 11.3. The monoisotopic (exact) mass is 233 g/mol. The van der Waals surface area contributed by atoms with Gasteiger partial charge < -0.3 is 5.32 Å². The van der Waals surface area contributed by atoms with Crippen molar-refractivity contribution in [1.29, 1.82) is 5.26 Å². The maximum Gasteiger partial charge on any atom is 0.237 e. The van der Waals surface area contributed by atoms with E-state index in [9.17, 15) is 13.2 Å². The van der Waals surface area contributed by atoms with Gasteiger partial charge in [-0.25, -0.2) is 13.1 Å². The van der Waals surface area contributed by atoms with E-state index >= 15 is 0 Å².